The molecular formula is C29H49N11O2. The van der Waals surface area contributed by atoms with Crippen molar-refractivity contribution in [1.82, 2.24) is 30.8 Å². The van der Waals surface area contributed by atoms with Crippen LogP contribution in [0.1, 0.15) is 65.8 Å². The van der Waals surface area contributed by atoms with Crippen molar-refractivity contribution in [3.05, 3.63) is 52.2 Å². The molecule has 13 nitrogen and oxygen atoms in total. The van der Waals surface area contributed by atoms with Crippen molar-refractivity contribution in [1.29, 1.82) is 5.41 Å². The molecule has 0 unspecified atom stereocenters. The van der Waals surface area contributed by atoms with Gasteiger partial charge in [0.05, 0.1) is 5.56 Å². The summed E-state index contributed by atoms with van der Waals surface area (Å²) in [6, 6.07) is 7.82. The average molecular weight is 584 g/mol. The van der Waals surface area contributed by atoms with Gasteiger partial charge in [-0.1, -0.05) is 45.0 Å². The second kappa shape index (κ2) is 15.2. The van der Waals surface area contributed by atoms with Crippen molar-refractivity contribution in [3.8, 4) is 11.1 Å². The summed E-state index contributed by atoms with van der Waals surface area (Å²) in [6.07, 6.45) is 3.35. The summed E-state index contributed by atoms with van der Waals surface area (Å²) >= 11 is 0. The maximum atomic E-state index is 12.4. The molecule has 2 heterocycles. The van der Waals surface area contributed by atoms with E-state index >= 15 is 0 Å². The largest absolute Gasteiger partial charge is 0.370 e. The first-order chi connectivity index (χ1) is 19.5. The van der Waals surface area contributed by atoms with Crippen LogP contribution in [0, 0.1) is 5.41 Å². The molecule has 0 radical (unpaired) electrons. The highest BCUT2D eigenvalue weighted by atomic mass is 16.2. The van der Waals surface area contributed by atoms with Gasteiger partial charge >= 0.3 is 6.03 Å². The Balaban J connectivity index is 0.000000330. The van der Waals surface area contributed by atoms with E-state index in [1.165, 1.54) is 0 Å². The Morgan fingerprint density at radius 3 is 2.33 bits per heavy atom. The van der Waals surface area contributed by atoms with Gasteiger partial charge in [0.1, 0.15) is 5.82 Å². The summed E-state index contributed by atoms with van der Waals surface area (Å²) < 4.78 is 0. The number of rotatable bonds is 8. The van der Waals surface area contributed by atoms with E-state index in [0.29, 0.717) is 24.5 Å². The molecule has 0 bridgehead atoms. The fourth-order valence-corrected chi connectivity index (χ4v) is 4.09. The predicted octanol–water partition coefficient (Wildman–Crippen LogP) is 1.54. The van der Waals surface area contributed by atoms with Gasteiger partial charge in [-0.2, -0.15) is 0 Å². The molecule has 1 aliphatic heterocycles. The molecular weight excluding hydrogens is 534 g/mol. The molecule has 1 aliphatic rings. The van der Waals surface area contributed by atoms with Crippen LogP contribution in [0.25, 0.3) is 11.1 Å². The summed E-state index contributed by atoms with van der Waals surface area (Å²) in [4.78, 5) is 36.9. The first kappa shape index (κ1) is 34.1. The molecule has 1 fully saturated rings. The Labute approximate surface area is 248 Å². The van der Waals surface area contributed by atoms with Crippen LogP contribution in [0.15, 0.2) is 40.2 Å². The molecule has 2 aromatic rings. The quantitative estimate of drug-likeness (QED) is 0.129. The molecule has 232 valence electrons. The van der Waals surface area contributed by atoms with Gasteiger partial charge in [0.15, 0.2) is 11.9 Å². The topological polar surface area (TPSA) is 216 Å². The molecule has 11 N–H and O–H groups in total. The van der Waals surface area contributed by atoms with Gasteiger partial charge in [-0.05, 0) is 51.3 Å². The molecule has 0 saturated carbocycles. The van der Waals surface area contributed by atoms with E-state index in [0.717, 1.165) is 43.6 Å². The Hall–Kier alpha value is -4.13. The highest BCUT2D eigenvalue weighted by Crippen LogP contribution is 2.19. The zero-order valence-electron chi connectivity index (χ0n) is 25.8. The molecule has 0 aliphatic carbocycles. The van der Waals surface area contributed by atoms with Crippen LogP contribution in [0.3, 0.4) is 0 Å². The summed E-state index contributed by atoms with van der Waals surface area (Å²) in [5.41, 5.74) is 18.0. The van der Waals surface area contributed by atoms with Crippen LogP contribution in [0.2, 0.25) is 0 Å². The molecule has 1 aromatic heterocycles. The number of carbonyl (C=O) groups excluding carboxylic acids is 1. The minimum atomic E-state index is -0.233. The number of nitrogens with one attached hydrogen (secondary N) is 5. The SMILES string of the molecule is CC(C)(C)NC(=O)N[C@@H]1CCN(C(=N)N)C1.CC(C)(C)c1ncc(-c2ccc(CNCCCN=C(N)N)cc2)c(=O)[nH]1. The zero-order chi connectivity index (χ0) is 31.5. The number of aromatic amines is 1. The van der Waals surface area contributed by atoms with Gasteiger partial charge in [0.2, 0.25) is 0 Å². The summed E-state index contributed by atoms with van der Waals surface area (Å²) in [7, 11) is 0. The normalized spacial score (nSPS) is 14.9. The number of aromatic nitrogens is 2. The number of aliphatic imine (C=N–C) groups is 1. The van der Waals surface area contributed by atoms with Crippen molar-refractivity contribution >= 4 is 18.0 Å². The van der Waals surface area contributed by atoms with Gasteiger partial charge in [-0.25, -0.2) is 9.78 Å². The molecule has 42 heavy (non-hydrogen) atoms. The van der Waals surface area contributed by atoms with Crippen LogP contribution in [0.5, 0.6) is 0 Å². The number of nitrogens with zero attached hydrogens (tertiary/aromatic N) is 3. The molecule has 1 saturated heterocycles. The Kier molecular flexibility index (Phi) is 12.3. The first-order valence-corrected chi connectivity index (χ1v) is 14.2. The number of benzene rings is 1. The van der Waals surface area contributed by atoms with Gasteiger partial charge in [0, 0.05) is 49.4 Å². The van der Waals surface area contributed by atoms with Crippen LogP contribution in [0.4, 0.5) is 4.79 Å². The Bertz CT molecular complexity index is 1250. The second-order valence-corrected chi connectivity index (χ2v) is 12.4. The monoisotopic (exact) mass is 583 g/mol. The van der Waals surface area contributed by atoms with E-state index in [-0.39, 0.29) is 40.5 Å². The van der Waals surface area contributed by atoms with E-state index in [9.17, 15) is 9.59 Å². The zero-order valence-corrected chi connectivity index (χ0v) is 25.8. The number of urea groups is 1. The number of carbonyl (C=O) groups is 1. The lowest BCUT2D eigenvalue weighted by atomic mass is 9.95. The van der Waals surface area contributed by atoms with Crippen LogP contribution < -0.4 is 38.7 Å². The van der Waals surface area contributed by atoms with Crippen molar-refractivity contribution in [2.75, 3.05) is 26.2 Å². The Morgan fingerprint density at radius 1 is 1.14 bits per heavy atom. The van der Waals surface area contributed by atoms with E-state index in [1.54, 1.807) is 11.1 Å². The highest BCUT2D eigenvalue weighted by Gasteiger charge is 2.25. The van der Waals surface area contributed by atoms with Crippen LogP contribution in [-0.2, 0) is 12.0 Å². The standard InChI is InChI=1S/C19H28N6O.C10H21N5O/c1-19(2,3)17-24-12-15(16(26)25-17)14-7-5-13(6-8-14)11-22-9-4-10-23-18(20)21;1-10(2,3)14-9(16)13-7-4-5-15(6-7)8(11)12/h5-8,12,22H,4,9-11H2,1-3H3,(H4,20,21,23)(H,24,25,26);7H,4-6H2,1-3H3,(H3,11,12)(H2,13,14,16)/t;7-/m.1/s1. The minimum Gasteiger partial charge on any atom is -0.370 e. The first-order valence-electron chi connectivity index (χ1n) is 14.2. The number of H-pyrrole nitrogens is 1. The van der Waals surface area contributed by atoms with Crippen LogP contribution >= 0.6 is 0 Å². The molecule has 13 heteroatoms. The van der Waals surface area contributed by atoms with Crippen molar-refractivity contribution in [2.45, 2.75) is 77.9 Å². The van der Waals surface area contributed by atoms with Crippen molar-refractivity contribution < 1.29 is 4.79 Å². The lowest BCUT2D eigenvalue weighted by Gasteiger charge is -2.23. The van der Waals surface area contributed by atoms with E-state index < -0.39 is 0 Å². The third-order valence-corrected chi connectivity index (χ3v) is 6.26. The van der Waals surface area contributed by atoms with E-state index in [2.05, 4.69) is 30.9 Å². The Morgan fingerprint density at radius 2 is 1.81 bits per heavy atom. The number of nitrogens with two attached hydrogens (primary N) is 3. The third-order valence-electron chi connectivity index (χ3n) is 6.26. The molecule has 0 spiro atoms. The number of guanidine groups is 2. The van der Waals surface area contributed by atoms with Gasteiger partial charge in [-0.3, -0.25) is 15.2 Å². The molecule has 2 amide bonds. The smallest absolute Gasteiger partial charge is 0.315 e. The fraction of sp³-hybridized carbons (Fsp3) is 0.552. The lowest BCUT2D eigenvalue weighted by molar-refractivity contribution is 0.228. The van der Waals surface area contributed by atoms with Crippen molar-refractivity contribution in [3.63, 3.8) is 0 Å². The third kappa shape index (κ3) is 12.2. The highest BCUT2D eigenvalue weighted by molar-refractivity contribution is 5.77. The molecule has 1 atom stereocenters. The number of hydrogen-bond donors (Lipinski definition) is 8. The van der Waals surface area contributed by atoms with Gasteiger partial charge < -0.3 is 43.0 Å². The predicted molar refractivity (Wildman–Crippen MR) is 169 cm³/mol. The van der Waals surface area contributed by atoms with Crippen LogP contribution in [-0.4, -0.2) is 70.6 Å². The van der Waals surface area contributed by atoms with E-state index in [4.69, 9.17) is 22.6 Å². The van der Waals surface area contributed by atoms with E-state index in [1.807, 2.05) is 65.8 Å². The van der Waals surface area contributed by atoms with Gasteiger partial charge in [-0.15, -0.1) is 0 Å². The van der Waals surface area contributed by atoms with Gasteiger partial charge in [0.25, 0.3) is 5.56 Å². The second-order valence-electron chi connectivity index (χ2n) is 12.4. The number of amides is 2. The molecule has 1 aromatic carbocycles. The minimum absolute atomic E-state index is 0.0699. The number of likely N-dealkylation sites (tertiary alicyclic amines) is 1. The number of hydrogen-bond acceptors (Lipinski definition) is 6. The summed E-state index contributed by atoms with van der Waals surface area (Å²) in [6.45, 7) is 15.4. The summed E-state index contributed by atoms with van der Waals surface area (Å²) in [5.74, 6) is 0.883. The maximum Gasteiger partial charge on any atom is 0.315 e. The summed E-state index contributed by atoms with van der Waals surface area (Å²) in [5, 5.41) is 16.3. The maximum absolute atomic E-state index is 12.4. The lowest BCUT2D eigenvalue weighted by Crippen LogP contribution is -2.50. The van der Waals surface area contributed by atoms with Crippen molar-refractivity contribution in [2.24, 2.45) is 22.2 Å². The molecule has 3 rings (SSSR count). The average Bonchev–Trinajstić information content (AvgIpc) is 3.34. The fourth-order valence-electron chi connectivity index (χ4n) is 4.09.